The van der Waals surface area contributed by atoms with Crippen LogP contribution in [0.15, 0.2) is 42.5 Å². The Morgan fingerprint density at radius 1 is 1.00 bits per heavy atom. The number of ether oxygens (including phenoxy) is 1. The number of nitrogens with zero attached hydrogens (tertiary/aromatic N) is 2. The van der Waals surface area contributed by atoms with Crippen LogP contribution in [0.1, 0.15) is 33.5 Å². The van der Waals surface area contributed by atoms with E-state index in [1.165, 1.54) is 4.90 Å². The SMILES string of the molecule is Cc1ccc(N(CCC#N)C(=O)COC(=O)c2cc(C)cc(C)c2)cc1. The molecule has 0 radical (unpaired) electrons. The van der Waals surface area contributed by atoms with E-state index < -0.39 is 5.97 Å². The highest BCUT2D eigenvalue weighted by Gasteiger charge is 2.18. The third-order valence-electron chi connectivity index (χ3n) is 3.88. The number of nitriles is 1. The minimum Gasteiger partial charge on any atom is -0.452 e. The van der Waals surface area contributed by atoms with Crippen LogP contribution in [0.3, 0.4) is 0 Å². The van der Waals surface area contributed by atoms with Crippen LogP contribution in [0.5, 0.6) is 0 Å². The molecule has 0 spiro atoms. The summed E-state index contributed by atoms with van der Waals surface area (Å²) in [6.07, 6.45) is 0.199. The van der Waals surface area contributed by atoms with Gasteiger partial charge in [0.15, 0.2) is 6.61 Å². The molecule has 26 heavy (non-hydrogen) atoms. The van der Waals surface area contributed by atoms with E-state index in [-0.39, 0.29) is 25.5 Å². The second kappa shape index (κ2) is 8.82. The van der Waals surface area contributed by atoms with Crippen molar-refractivity contribution in [1.82, 2.24) is 0 Å². The summed E-state index contributed by atoms with van der Waals surface area (Å²) >= 11 is 0. The molecular weight excluding hydrogens is 328 g/mol. The van der Waals surface area contributed by atoms with E-state index in [0.29, 0.717) is 11.3 Å². The van der Waals surface area contributed by atoms with Gasteiger partial charge in [0.05, 0.1) is 18.1 Å². The minimum atomic E-state index is -0.533. The first-order valence-electron chi connectivity index (χ1n) is 8.40. The smallest absolute Gasteiger partial charge is 0.338 e. The van der Waals surface area contributed by atoms with Gasteiger partial charge in [-0.05, 0) is 45.0 Å². The van der Waals surface area contributed by atoms with Crippen molar-refractivity contribution in [3.8, 4) is 6.07 Å². The number of hydrogen-bond acceptors (Lipinski definition) is 4. The van der Waals surface area contributed by atoms with Gasteiger partial charge in [-0.3, -0.25) is 4.79 Å². The molecule has 5 nitrogen and oxygen atoms in total. The van der Waals surface area contributed by atoms with Crippen LogP contribution in [0.4, 0.5) is 5.69 Å². The number of carbonyl (C=O) groups is 2. The lowest BCUT2D eigenvalue weighted by Gasteiger charge is -2.22. The number of esters is 1. The highest BCUT2D eigenvalue weighted by Crippen LogP contribution is 2.16. The normalized spacial score (nSPS) is 10.1. The maximum absolute atomic E-state index is 12.5. The Hall–Kier alpha value is -3.13. The molecule has 1 amide bonds. The van der Waals surface area contributed by atoms with Gasteiger partial charge in [-0.25, -0.2) is 4.79 Å². The van der Waals surface area contributed by atoms with E-state index in [4.69, 9.17) is 10.00 Å². The first-order valence-corrected chi connectivity index (χ1v) is 8.40. The van der Waals surface area contributed by atoms with E-state index in [0.717, 1.165) is 16.7 Å². The molecule has 0 atom stereocenters. The Kier molecular flexibility index (Phi) is 6.51. The lowest BCUT2D eigenvalue weighted by molar-refractivity contribution is -0.121. The van der Waals surface area contributed by atoms with Crippen molar-refractivity contribution in [2.75, 3.05) is 18.1 Å². The molecule has 0 aliphatic carbocycles. The fraction of sp³-hybridized carbons (Fsp3) is 0.286. The fourth-order valence-corrected chi connectivity index (χ4v) is 2.67. The zero-order valence-electron chi connectivity index (χ0n) is 15.3. The van der Waals surface area contributed by atoms with Crippen LogP contribution in [-0.2, 0) is 9.53 Å². The Balaban J connectivity index is 2.07. The molecule has 0 aliphatic heterocycles. The van der Waals surface area contributed by atoms with Crippen molar-refractivity contribution < 1.29 is 14.3 Å². The van der Waals surface area contributed by atoms with Crippen molar-refractivity contribution in [3.63, 3.8) is 0 Å². The number of rotatable bonds is 6. The molecule has 0 unspecified atom stereocenters. The lowest BCUT2D eigenvalue weighted by Crippen LogP contribution is -2.35. The van der Waals surface area contributed by atoms with Crippen LogP contribution < -0.4 is 4.90 Å². The number of aryl methyl sites for hydroxylation is 3. The number of benzene rings is 2. The molecule has 0 aliphatic rings. The van der Waals surface area contributed by atoms with Gasteiger partial charge in [0.2, 0.25) is 0 Å². The molecular formula is C21H22N2O3. The van der Waals surface area contributed by atoms with Crippen LogP contribution in [0.25, 0.3) is 0 Å². The van der Waals surface area contributed by atoms with Crippen LogP contribution >= 0.6 is 0 Å². The summed E-state index contributed by atoms with van der Waals surface area (Å²) in [6, 6.07) is 14.9. The van der Waals surface area contributed by atoms with Gasteiger partial charge >= 0.3 is 5.97 Å². The predicted octanol–water partition coefficient (Wildman–Crippen LogP) is 3.72. The average molecular weight is 350 g/mol. The number of anilines is 1. The van der Waals surface area contributed by atoms with Gasteiger partial charge in [0.1, 0.15) is 0 Å². The Bertz CT molecular complexity index is 815. The van der Waals surface area contributed by atoms with E-state index in [9.17, 15) is 9.59 Å². The van der Waals surface area contributed by atoms with Gasteiger partial charge < -0.3 is 9.64 Å². The minimum absolute atomic E-state index is 0.199. The molecule has 0 bridgehead atoms. The molecule has 0 N–H and O–H groups in total. The molecule has 0 fully saturated rings. The molecule has 2 aromatic carbocycles. The monoisotopic (exact) mass is 350 g/mol. The van der Waals surface area contributed by atoms with Crippen molar-refractivity contribution >= 4 is 17.6 Å². The molecule has 0 saturated heterocycles. The third-order valence-corrected chi connectivity index (χ3v) is 3.88. The molecule has 0 heterocycles. The summed E-state index contributed by atoms with van der Waals surface area (Å²) in [7, 11) is 0. The topological polar surface area (TPSA) is 70.4 Å². The van der Waals surface area contributed by atoms with Crippen LogP contribution in [-0.4, -0.2) is 25.0 Å². The predicted molar refractivity (Wildman–Crippen MR) is 100.0 cm³/mol. The molecule has 134 valence electrons. The Morgan fingerprint density at radius 3 is 2.19 bits per heavy atom. The number of amides is 1. The molecule has 0 saturated carbocycles. The average Bonchev–Trinajstić information content (AvgIpc) is 2.60. The maximum Gasteiger partial charge on any atom is 0.338 e. The molecule has 0 aromatic heterocycles. The highest BCUT2D eigenvalue weighted by atomic mass is 16.5. The number of carbonyl (C=O) groups excluding carboxylic acids is 2. The van der Waals surface area contributed by atoms with E-state index >= 15 is 0 Å². The zero-order chi connectivity index (χ0) is 19.1. The zero-order valence-corrected chi connectivity index (χ0v) is 15.3. The van der Waals surface area contributed by atoms with Gasteiger partial charge in [0, 0.05) is 12.2 Å². The third kappa shape index (κ3) is 5.18. The molecule has 2 aromatic rings. The van der Waals surface area contributed by atoms with Gasteiger partial charge in [-0.1, -0.05) is 34.9 Å². The summed E-state index contributed by atoms with van der Waals surface area (Å²) in [6.45, 7) is 5.63. The van der Waals surface area contributed by atoms with Crippen molar-refractivity contribution in [3.05, 3.63) is 64.7 Å². The summed E-state index contributed by atoms with van der Waals surface area (Å²) in [5.41, 5.74) is 4.09. The lowest BCUT2D eigenvalue weighted by atomic mass is 10.1. The van der Waals surface area contributed by atoms with Crippen LogP contribution in [0.2, 0.25) is 0 Å². The Morgan fingerprint density at radius 2 is 1.62 bits per heavy atom. The van der Waals surface area contributed by atoms with Gasteiger partial charge in [0.25, 0.3) is 5.91 Å². The van der Waals surface area contributed by atoms with E-state index in [1.54, 1.807) is 12.1 Å². The number of hydrogen-bond donors (Lipinski definition) is 0. The molecule has 5 heteroatoms. The second-order valence-electron chi connectivity index (χ2n) is 6.24. The maximum atomic E-state index is 12.5. The largest absolute Gasteiger partial charge is 0.452 e. The second-order valence-corrected chi connectivity index (χ2v) is 6.24. The highest BCUT2D eigenvalue weighted by molar-refractivity contribution is 5.97. The Labute approximate surface area is 153 Å². The van der Waals surface area contributed by atoms with Gasteiger partial charge in [-0.15, -0.1) is 0 Å². The quantitative estimate of drug-likeness (QED) is 0.745. The first-order chi connectivity index (χ1) is 12.4. The summed E-state index contributed by atoms with van der Waals surface area (Å²) in [5, 5.41) is 8.83. The molecule has 2 rings (SSSR count). The summed E-state index contributed by atoms with van der Waals surface area (Å²) < 4.78 is 5.19. The standard InChI is InChI=1S/C21H22N2O3/c1-15-5-7-19(8-6-15)23(10-4-9-22)20(24)14-26-21(25)18-12-16(2)11-17(3)13-18/h5-8,11-13H,4,10,14H2,1-3H3. The van der Waals surface area contributed by atoms with E-state index in [1.807, 2.05) is 57.2 Å². The fourth-order valence-electron chi connectivity index (χ4n) is 2.67. The van der Waals surface area contributed by atoms with E-state index in [2.05, 4.69) is 0 Å². The first kappa shape index (κ1) is 19.2. The van der Waals surface area contributed by atoms with Crippen LogP contribution in [0, 0.1) is 32.1 Å². The summed E-state index contributed by atoms with van der Waals surface area (Å²) in [4.78, 5) is 26.2. The summed E-state index contributed by atoms with van der Waals surface area (Å²) in [5.74, 6) is -0.892. The van der Waals surface area contributed by atoms with Gasteiger partial charge in [-0.2, -0.15) is 5.26 Å². The van der Waals surface area contributed by atoms with Crippen molar-refractivity contribution in [2.45, 2.75) is 27.2 Å². The van der Waals surface area contributed by atoms with Crippen molar-refractivity contribution in [2.24, 2.45) is 0 Å². The van der Waals surface area contributed by atoms with Crippen molar-refractivity contribution in [1.29, 1.82) is 5.26 Å².